The molecule has 0 spiro atoms. The Balaban J connectivity index is 2.75. The summed E-state index contributed by atoms with van der Waals surface area (Å²) in [5, 5.41) is 14.1. The predicted molar refractivity (Wildman–Crippen MR) is 77.5 cm³/mol. The summed E-state index contributed by atoms with van der Waals surface area (Å²) < 4.78 is 0. The highest BCUT2D eigenvalue weighted by Crippen LogP contribution is 2.20. The van der Waals surface area contributed by atoms with E-state index in [4.69, 9.17) is 0 Å². The van der Waals surface area contributed by atoms with Crippen molar-refractivity contribution < 1.29 is 4.92 Å². The number of hydrogen-bond donors (Lipinski definition) is 1. The van der Waals surface area contributed by atoms with E-state index in [9.17, 15) is 10.1 Å². The molecule has 0 aliphatic heterocycles. The summed E-state index contributed by atoms with van der Waals surface area (Å²) in [6.07, 6.45) is 7.00. The van der Waals surface area contributed by atoms with Crippen LogP contribution in [0.1, 0.15) is 51.5 Å². The Morgan fingerprint density at radius 3 is 2.63 bits per heavy atom. The first-order valence-electron chi connectivity index (χ1n) is 6.96. The van der Waals surface area contributed by atoms with Crippen LogP contribution in [0.25, 0.3) is 0 Å². The number of rotatable bonds is 8. The van der Waals surface area contributed by atoms with Crippen molar-refractivity contribution in [3.63, 3.8) is 0 Å². The van der Waals surface area contributed by atoms with Gasteiger partial charge < -0.3 is 5.32 Å². The normalized spacial score (nSPS) is 12.2. The quantitative estimate of drug-likeness (QED) is 0.568. The van der Waals surface area contributed by atoms with Gasteiger partial charge in [-0.15, -0.1) is 0 Å². The lowest BCUT2D eigenvalue weighted by Gasteiger charge is -2.19. The van der Waals surface area contributed by atoms with Gasteiger partial charge in [0.05, 0.1) is 4.92 Å². The molecule has 0 aliphatic rings. The molecular weight excluding hydrogens is 242 g/mol. The van der Waals surface area contributed by atoms with E-state index in [1.165, 1.54) is 19.0 Å². The van der Waals surface area contributed by atoms with Crippen molar-refractivity contribution in [2.75, 3.05) is 5.32 Å². The van der Waals surface area contributed by atoms with Crippen molar-refractivity contribution in [3.05, 3.63) is 27.9 Å². The van der Waals surface area contributed by atoms with Crippen LogP contribution in [0.4, 0.5) is 11.5 Å². The van der Waals surface area contributed by atoms with E-state index in [-0.39, 0.29) is 5.69 Å². The molecule has 5 nitrogen and oxygen atoms in total. The summed E-state index contributed by atoms with van der Waals surface area (Å²) in [4.78, 5) is 14.4. The fourth-order valence-corrected chi connectivity index (χ4v) is 2.09. The van der Waals surface area contributed by atoms with E-state index in [2.05, 4.69) is 24.1 Å². The minimum atomic E-state index is -0.412. The Morgan fingerprint density at radius 1 is 1.37 bits per heavy atom. The second-order valence-electron chi connectivity index (χ2n) is 4.89. The van der Waals surface area contributed by atoms with E-state index in [0.29, 0.717) is 6.04 Å². The SMILES string of the molecule is CCCCC(CCC)Nc1ncc([N+](=O)[O-])cc1C. The number of nitrogens with zero attached hydrogens (tertiary/aromatic N) is 2. The third-order valence-corrected chi connectivity index (χ3v) is 3.16. The molecule has 1 atom stereocenters. The van der Waals surface area contributed by atoms with Crippen LogP contribution in [-0.2, 0) is 0 Å². The van der Waals surface area contributed by atoms with Gasteiger partial charge in [0.2, 0.25) is 0 Å². The van der Waals surface area contributed by atoms with Crippen LogP contribution >= 0.6 is 0 Å². The van der Waals surface area contributed by atoms with Crippen LogP contribution < -0.4 is 5.32 Å². The van der Waals surface area contributed by atoms with Gasteiger partial charge in [0.15, 0.2) is 0 Å². The highest BCUT2D eigenvalue weighted by atomic mass is 16.6. The minimum absolute atomic E-state index is 0.0450. The number of nitrogens with one attached hydrogen (secondary N) is 1. The van der Waals surface area contributed by atoms with Gasteiger partial charge in [-0.3, -0.25) is 10.1 Å². The Hall–Kier alpha value is -1.65. The van der Waals surface area contributed by atoms with Gasteiger partial charge in [-0.25, -0.2) is 4.98 Å². The monoisotopic (exact) mass is 265 g/mol. The molecule has 1 rings (SSSR count). The number of hydrogen-bond acceptors (Lipinski definition) is 4. The lowest BCUT2D eigenvalue weighted by Crippen LogP contribution is -2.20. The first kappa shape index (κ1) is 15.4. The molecule has 0 aromatic carbocycles. The van der Waals surface area contributed by atoms with Crippen molar-refractivity contribution in [3.8, 4) is 0 Å². The first-order chi connectivity index (χ1) is 9.08. The van der Waals surface area contributed by atoms with Gasteiger partial charge in [0.25, 0.3) is 5.69 Å². The van der Waals surface area contributed by atoms with Crippen LogP contribution in [-0.4, -0.2) is 15.9 Å². The maximum atomic E-state index is 10.7. The zero-order valence-electron chi connectivity index (χ0n) is 12.0. The van der Waals surface area contributed by atoms with E-state index in [0.717, 1.165) is 30.6 Å². The summed E-state index contributed by atoms with van der Waals surface area (Å²) in [5.41, 5.74) is 0.871. The average molecular weight is 265 g/mol. The van der Waals surface area contributed by atoms with Crippen molar-refractivity contribution in [1.29, 1.82) is 0 Å². The molecule has 0 radical (unpaired) electrons. The van der Waals surface area contributed by atoms with E-state index >= 15 is 0 Å². The van der Waals surface area contributed by atoms with Crippen LogP contribution in [0.5, 0.6) is 0 Å². The van der Waals surface area contributed by atoms with Gasteiger partial charge in [-0.2, -0.15) is 0 Å². The van der Waals surface area contributed by atoms with Crippen LogP contribution in [0.3, 0.4) is 0 Å². The number of unbranched alkanes of at least 4 members (excludes halogenated alkanes) is 1. The first-order valence-corrected chi connectivity index (χ1v) is 6.96. The van der Waals surface area contributed by atoms with Gasteiger partial charge in [-0.1, -0.05) is 33.1 Å². The standard InChI is InChI=1S/C14H23N3O2/c1-4-6-8-12(7-5-2)16-14-11(3)9-13(10-15-14)17(18)19/h9-10,12H,4-8H2,1-3H3,(H,15,16). The van der Waals surface area contributed by atoms with Crippen molar-refractivity contribution >= 4 is 11.5 Å². The van der Waals surface area contributed by atoms with Gasteiger partial charge in [0.1, 0.15) is 12.0 Å². The molecule has 5 heteroatoms. The van der Waals surface area contributed by atoms with E-state index < -0.39 is 4.92 Å². The molecule has 0 saturated heterocycles. The number of nitro groups is 1. The topological polar surface area (TPSA) is 68.1 Å². The maximum Gasteiger partial charge on any atom is 0.287 e. The minimum Gasteiger partial charge on any atom is -0.367 e. The summed E-state index contributed by atoms with van der Waals surface area (Å²) >= 11 is 0. The number of aryl methyl sites for hydroxylation is 1. The molecule has 0 aliphatic carbocycles. The van der Waals surface area contributed by atoms with E-state index in [1.807, 2.05) is 6.92 Å². The fourth-order valence-electron chi connectivity index (χ4n) is 2.09. The van der Waals surface area contributed by atoms with Crippen LogP contribution in [0, 0.1) is 17.0 Å². The summed E-state index contributed by atoms with van der Waals surface area (Å²) in [5.74, 6) is 0.764. The number of aromatic nitrogens is 1. The molecular formula is C14H23N3O2. The second kappa shape index (κ2) is 7.71. The van der Waals surface area contributed by atoms with Crippen LogP contribution in [0.2, 0.25) is 0 Å². The Bertz CT molecular complexity index is 421. The third kappa shape index (κ3) is 4.85. The molecule has 1 heterocycles. The lowest BCUT2D eigenvalue weighted by atomic mass is 10.0. The van der Waals surface area contributed by atoms with Gasteiger partial charge >= 0.3 is 0 Å². The molecule has 1 N–H and O–H groups in total. The molecule has 1 aromatic heterocycles. The Kier molecular flexibility index (Phi) is 6.25. The smallest absolute Gasteiger partial charge is 0.287 e. The van der Waals surface area contributed by atoms with Crippen molar-refractivity contribution in [2.45, 2.75) is 58.9 Å². The summed E-state index contributed by atoms with van der Waals surface area (Å²) in [7, 11) is 0. The van der Waals surface area contributed by atoms with Gasteiger partial charge in [0, 0.05) is 12.1 Å². The zero-order chi connectivity index (χ0) is 14.3. The molecule has 19 heavy (non-hydrogen) atoms. The van der Waals surface area contributed by atoms with Gasteiger partial charge in [-0.05, 0) is 25.3 Å². The largest absolute Gasteiger partial charge is 0.367 e. The predicted octanol–water partition coefficient (Wildman–Crippen LogP) is 4.07. The van der Waals surface area contributed by atoms with E-state index in [1.54, 1.807) is 6.07 Å². The molecule has 0 amide bonds. The average Bonchev–Trinajstić information content (AvgIpc) is 2.38. The molecule has 1 unspecified atom stereocenters. The molecule has 1 aromatic rings. The highest BCUT2D eigenvalue weighted by Gasteiger charge is 2.13. The Morgan fingerprint density at radius 2 is 2.11 bits per heavy atom. The molecule has 0 bridgehead atoms. The lowest BCUT2D eigenvalue weighted by molar-refractivity contribution is -0.385. The number of anilines is 1. The molecule has 106 valence electrons. The maximum absolute atomic E-state index is 10.7. The Labute approximate surface area is 114 Å². The zero-order valence-corrected chi connectivity index (χ0v) is 12.0. The molecule has 0 fully saturated rings. The van der Waals surface area contributed by atoms with Crippen molar-refractivity contribution in [1.82, 2.24) is 4.98 Å². The van der Waals surface area contributed by atoms with Crippen LogP contribution in [0.15, 0.2) is 12.3 Å². The molecule has 0 saturated carbocycles. The summed E-state index contributed by atoms with van der Waals surface area (Å²) in [6.45, 7) is 6.19. The number of pyridine rings is 1. The van der Waals surface area contributed by atoms with Crippen molar-refractivity contribution in [2.24, 2.45) is 0 Å². The highest BCUT2D eigenvalue weighted by molar-refractivity contribution is 5.48. The third-order valence-electron chi connectivity index (χ3n) is 3.16. The summed E-state index contributed by atoms with van der Waals surface area (Å²) in [6, 6.07) is 1.97. The second-order valence-corrected chi connectivity index (χ2v) is 4.89. The fraction of sp³-hybridized carbons (Fsp3) is 0.643.